The predicted octanol–water partition coefficient (Wildman–Crippen LogP) is 2.44. The van der Waals surface area contributed by atoms with Crippen molar-refractivity contribution in [1.82, 2.24) is 10.6 Å². The molecule has 8 heteroatoms. The second kappa shape index (κ2) is 9.41. The molecule has 0 bridgehead atoms. The number of amides is 2. The predicted molar refractivity (Wildman–Crippen MR) is 87.2 cm³/mol. The van der Waals surface area contributed by atoms with Gasteiger partial charge in [0.05, 0.1) is 6.61 Å². The molecule has 0 saturated heterocycles. The third-order valence-electron chi connectivity index (χ3n) is 3.33. The fraction of sp³-hybridized carbons (Fsp3) is 0.529. The molecule has 0 aliphatic carbocycles. The highest BCUT2D eigenvalue weighted by molar-refractivity contribution is 5.97. The first-order valence-corrected chi connectivity index (χ1v) is 7.90. The monoisotopic (exact) mass is 360 g/mol. The second-order valence-corrected chi connectivity index (χ2v) is 6.02. The van der Waals surface area contributed by atoms with Crippen molar-refractivity contribution in [2.24, 2.45) is 5.92 Å². The summed E-state index contributed by atoms with van der Waals surface area (Å²) in [6.45, 7) is 3.69. The molecule has 0 aromatic heterocycles. The lowest BCUT2D eigenvalue weighted by atomic mass is 10.0. The van der Waals surface area contributed by atoms with E-state index in [0.29, 0.717) is 5.56 Å². The number of alkyl halides is 3. The van der Waals surface area contributed by atoms with Crippen molar-refractivity contribution in [3.63, 3.8) is 0 Å². The van der Waals surface area contributed by atoms with E-state index in [1.807, 2.05) is 13.0 Å². The fourth-order valence-corrected chi connectivity index (χ4v) is 2.09. The van der Waals surface area contributed by atoms with Crippen LogP contribution in [0.15, 0.2) is 24.3 Å². The number of benzene rings is 1. The summed E-state index contributed by atoms with van der Waals surface area (Å²) >= 11 is 0. The highest BCUT2D eigenvalue weighted by atomic mass is 19.4. The van der Waals surface area contributed by atoms with E-state index in [1.165, 1.54) is 0 Å². The summed E-state index contributed by atoms with van der Waals surface area (Å²) in [5.41, 5.74) is 1.35. The molecule has 1 aromatic rings. The van der Waals surface area contributed by atoms with E-state index < -0.39 is 24.7 Å². The van der Waals surface area contributed by atoms with E-state index in [0.717, 1.165) is 5.56 Å². The van der Waals surface area contributed by atoms with Gasteiger partial charge in [0.25, 0.3) is 5.91 Å². The Morgan fingerprint density at radius 1 is 1.24 bits per heavy atom. The highest BCUT2D eigenvalue weighted by Gasteiger charge is 2.27. The Labute approximate surface area is 144 Å². The minimum absolute atomic E-state index is 0.0710. The summed E-state index contributed by atoms with van der Waals surface area (Å²) < 4.78 is 40.3. The number of halogens is 3. The molecule has 0 aliphatic heterocycles. The standard InChI is InChI=1S/C17H23F3N2O3/c1-11(2)14(16(24)21-7-8-25-10-17(18,19)20)22-15(23)13-6-4-5-12(3)9-13/h4-6,9,11,14H,7-8,10H2,1-3H3,(H,21,24)(H,22,23). The first kappa shape index (κ1) is 21.0. The van der Waals surface area contributed by atoms with Gasteiger partial charge >= 0.3 is 6.18 Å². The smallest absolute Gasteiger partial charge is 0.370 e. The van der Waals surface area contributed by atoms with Crippen LogP contribution in [0.25, 0.3) is 0 Å². The first-order valence-electron chi connectivity index (χ1n) is 7.90. The van der Waals surface area contributed by atoms with Gasteiger partial charge in [-0.15, -0.1) is 0 Å². The van der Waals surface area contributed by atoms with Crippen LogP contribution < -0.4 is 10.6 Å². The van der Waals surface area contributed by atoms with Gasteiger partial charge in [-0.05, 0) is 25.0 Å². The maximum Gasteiger partial charge on any atom is 0.411 e. The molecule has 0 fully saturated rings. The van der Waals surface area contributed by atoms with Crippen molar-refractivity contribution in [1.29, 1.82) is 0 Å². The van der Waals surface area contributed by atoms with E-state index in [2.05, 4.69) is 15.4 Å². The number of carbonyl (C=O) groups is 2. The molecule has 0 spiro atoms. The zero-order valence-electron chi connectivity index (χ0n) is 14.4. The van der Waals surface area contributed by atoms with Crippen molar-refractivity contribution in [3.8, 4) is 0 Å². The van der Waals surface area contributed by atoms with Gasteiger partial charge in [0.1, 0.15) is 12.6 Å². The number of hydrogen-bond donors (Lipinski definition) is 2. The minimum atomic E-state index is -4.40. The molecule has 1 unspecified atom stereocenters. The third kappa shape index (κ3) is 8.02. The lowest BCUT2D eigenvalue weighted by Gasteiger charge is -2.22. The zero-order chi connectivity index (χ0) is 19.0. The molecule has 1 rings (SSSR count). The molecule has 0 heterocycles. The lowest BCUT2D eigenvalue weighted by Crippen LogP contribution is -2.50. The average Bonchev–Trinajstić information content (AvgIpc) is 2.50. The van der Waals surface area contributed by atoms with E-state index in [4.69, 9.17) is 0 Å². The topological polar surface area (TPSA) is 67.4 Å². The van der Waals surface area contributed by atoms with Crippen LogP contribution in [-0.2, 0) is 9.53 Å². The Bertz CT molecular complexity index is 589. The van der Waals surface area contributed by atoms with E-state index in [9.17, 15) is 22.8 Å². The first-order chi connectivity index (χ1) is 11.6. The summed E-state index contributed by atoms with van der Waals surface area (Å²) in [7, 11) is 0. The van der Waals surface area contributed by atoms with Gasteiger partial charge in [0.15, 0.2) is 0 Å². The van der Waals surface area contributed by atoms with Crippen LogP contribution in [0.2, 0.25) is 0 Å². The summed E-state index contributed by atoms with van der Waals surface area (Å²) in [6.07, 6.45) is -4.40. The van der Waals surface area contributed by atoms with Gasteiger partial charge in [-0.3, -0.25) is 9.59 Å². The second-order valence-electron chi connectivity index (χ2n) is 6.02. The molecule has 2 amide bonds. The van der Waals surface area contributed by atoms with Crippen LogP contribution in [0.3, 0.4) is 0 Å². The van der Waals surface area contributed by atoms with E-state index in [-0.39, 0.29) is 25.0 Å². The molecular formula is C17H23F3N2O3. The van der Waals surface area contributed by atoms with Crippen molar-refractivity contribution in [2.45, 2.75) is 33.0 Å². The van der Waals surface area contributed by atoms with Crippen molar-refractivity contribution in [2.75, 3.05) is 19.8 Å². The molecule has 1 atom stereocenters. The molecule has 25 heavy (non-hydrogen) atoms. The fourth-order valence-electron chi connectivity index (χ4n) is 2.09. The van der Waals surface area contributed by atoms with Crippen LogP contribution in [0.5, 0.6) is 0 Å². The summed E-state index contributed by atoms with van der Waals surface area (Å²) in [5.74, 6) is -1.04. The Kier molecular flexibility index (Phi) is 7.89. The van der Waals surface area contributed by atoms with Crippen molar-refractivity contribution >= 4 is 11.8 Å². The van der Waals surface area contributed by atoms with Crippen LogP contribution in [-0.4, -0.2) is 43.8 Å². The molecule has 140 valence electrons. The van der Waals surface area contributed by atoms with Crippen LogP contribution in [0.1, 0.15) is 29.8 Å². The third-order valence-corrected chi connectivity index (χ3v) is 3.33. The van der Waals surface area contributed by atoms with E-state index >= 15 is 0 Å². The van der Waals surface area contributed by atoms with Crippen molar-refractivity contribution in [3.05, 3.63) is 35.4 Å². The summed E-state index contributed by atoms with van der Waals surface area (Å²) in [5, 5.41) is 5.13. The molecule has 2 N–H and O–H groups in total. The molecule has 0 radical (unpaired) electrons. The maximum absolute atomic E-state index is 12.3. The number of hydrogen-bond acceptors (Lipinski definition) is 3. The largest absolute Gasteiger partial charge is 0.411 e. The SMILES string of the molecule is Cc1cccc(C(=O)NC(C(=O)NCCOCC(F)(F)F)C(C)C)c1. The van der Waals surface area contributed by atoms with Crippen LogP contribution in [0.4, 0.5) is 13.2 Å². The molecule has 1 aromatic carbocycles. The Morgan fingerprint density at radius 2 is 1.92 bits per heavy atom. The number of carbonyl (C=O) groups excluding carboxylic acids is 2. The van der Waals surface area contributed by atoms with Crippen molar-refractivity contribution < 1.29 is 27.5 Å². The molecule has 5 nitrogen and oxygen atoms in total. The summed E-state index contributed by atoms with van der Waals surface area (Å²) in [6, 6.07) is 6.14. The van der Waals surface area contributed by atoms with Gasteiger partial charge in [0, 0.05) is 12.1 Å². The van der Waals surface area contributed by atoms with Crippen LogP contribution >= 0.6 is 0 Å². The molecule has 0 aliphatic rings. The quantitative estimate of drug-likeness (QED) is 0.700. The number of ether oxygens (including phenoxy) is 1. The number of aryl methyl sites for hydroxylation is 1. The Hall–Kier alpha value is -2.09. The van der Waals surface area contributed by atoms with E-state index in [1.54, 1.807) is 32.0 Å². The lowest BCUT2D eigenvalue weighted by molar-refractivity contribution is -0.173. The Balaban J connectivity index is 2.52. The number of nitrogens with one attached hydrogen (secondary N) is 2. The van der Waals surface area contributed by atoms with Gasteiger partial charge < -0.3 is 15.4 Å². The van der Waals surface area contributed by atoms with Gasteiger partial charge in [-0.25, -0.2) is 0 Å². The molecule has 0 saturated carbocycles. The number of rotatable bonds is 8. The highest BCUT2D eigenvalue weighted by Crippen LogP contribution is 2.14. The Morgan fingerprint density at radius 3 is 2.48 bits per heavy atom. The van der Waals surface area contributed by atoms with Gasteiger partial charge in [-0.1, -0.05) is 31.5 Å². The maximum atomic E-state index is 12.3. The molecular weight excluding hydrogens is 337 g/mol. The summed E-state index contributed by atoms with van der Waals surface area (Å²) in [4.78, 5) is 24.4. The average molecular weight is 360 g/mol. The van der Waals surface area contributed by atoms with Crippen LogP contribution in [0, 0.1) is 12.8 Å². The minimum Gasteiger partial charge on any atom is -0.370 e. The normalized spacial score (nSPS) is 12.8. The zero-order valence-corrected chi connectivity index (χ0v) is 14.4. The van der Waals surface area contributed by atoms with Gasteiger partial charge in [-0.2, -0.15) is 13.2 Å². The van der Waals surface area contributed by atoms with Gasteiger partial charge in [0.2, 0.25) is 5.91 Å².